The number of carbonyl (C=O) groups is 2. The standard InChI is InChI=1S/C26H27N3O6S/c1-17(2)35-26(31)27-21-11-7-18(8-12-21)19-9-13-22(14-10-19)36(33,34)29-16-15-20-5-3-4-6-23(20)24(29)25(30)28-32/h3-14,17,24,32H,15-16H2,1-2H3,(H,27,31)(H,28,30). The maximum absolute atomic E-state index is 13.5. The van der Waals surface area contributed by atoms with Crippen LogP contribution in [0.3, 0.4) is 0 Å². The van der Waals surface area contributed by atoms with Gasteiger partial charge in [-0.2, -0.15) is 4.31 Å². The average molecular weight is 510 g/mol. The first kappa shape index (κ1) is 25.4. The van der Waals surface area contributed by atoms with E-state index in [1.807, 2.05) is 12.1 Å². The third kappa shape index (κ3) is 5.25. The van der Waals surface area contributed by atoms with Gasteiger partial charge in [0.25, 0.3) is 5.91 Å². The molecular formula is C26H27N3O6S. The van der Waals surface area contributed by atoms with Gasteiger partial charge in [0.05, 0.1) is 11.0 Å². The molecule has 0 aromatic heterocycles. The summed E-state index contributed by atoms with van der Waals surface area (Å²) in [4.78, 5) is 24.3. The van der Waals surface area contributed by atoms with E-state index in [1.54, 1.807) is 67.9 Å². The second-order valence-electron chi connectivity index (χ2n) is 8.62. The topological polar surface area (TPSA) is 125 Å². The van der Waals surface area contributed by atoms with E-state index in [4.69, 9.17) is 4.74 Å². The van der Waals surface area contributed by atoms with Gasteiger partial charge in [-0.15, -0.1) is 0 Å². The minimum Gasteiger partial charge on any atom is -0.447 e. The molecule has 0 fully saturated rings. The lowest BCUT2D eigenvalue weighted by Gasteiger charge is -2.34. The van der Waals surface area contributed by atoms with Gasteiger partial charge < -0.3 is 4.74 Å². The number of hydrogen-bond donors (Lipinski definition) is 3. The van der Waals surface area contributed by atoms with Crippen LogP contribution in [-0.2, 0) is 26.0 Å². The van der Waals surface area contributed by atoms with E-state index < -0.39 is 28.1 Å². The van der Waals surface area contributed by atoms with E-state index in [1.165, 1.54) is 12.1 Å². The van der Waals surface area contributed by atoms with Crippen molar-refractivity contribution in [1.29, 1.82) is 0 Å². The summed E-state index contributed by atoms with van der Waals surface area (Å²) in [7, 11) is -4.04. The largest absolute Gasteiger partial charge is 0.447 e. The lowest BCUT2D eigenvalue weighted by Crippen LogP contribution is -2.46. The van der Waals surface area contributed by atoms with Crippen LogP contribution in [0.1, 0.15) is 31.0 Å². The van der Waals surface area contributed by atoms with Crippen LogP contribution in [0, 0.1) is 0 Å². The smallest absolute Gasteiger partial charge is 0.411 e. The van der Waals surface area contributed by atoms with Crippen LogP contribution in [0.15, 0.2) is 77.7 Å². The fourth-order valence-corrected chi connectivity index (χ4v) is 5.77. The third-order valence-electron chi connectivity index (χ3n) is 5.87. The Balaban J connectivity index is 1.56. The molecule has 1 aliphatic rings. The Hall–Kier alpha value is -3.73. The molecule has 1 aliphatic heterocycles. The molecule has 0 spiro atoms. The molecule has 3 N–H and O–H groups in total. The number of nitrogens with one attached hydrogen (secondary N) is 2. The van der Waals surface area contributed by atoms with Crippen LogP contribution in [-0.4, -0.2) is 42.6 Å². The molecule has 0 saturated carbocycles. The highest BCUT2D eigenvalue weighted by molar-refractivity contribution is 7.89. The number of ether oxygens (including phenoxy) is 1. The second kappa shape index (κ2) is 10.5. The number of rotatable bonds is 6. The molecule has 1 atom stereocenters. The van der Waals surface area contributed by atoms with E-state index in [0.717, 1.165) is 21.0 Å². The Morgan fingerprint density at radius 2 is 1.58 bits per heavy atom. The highest BCUT2D eigenvalue weighted by Gasteiger charge is 2.40. The van der Waals surface area contributed by atoms with Gasteiger partial charge in [0.1, 0.15) is 6.04 Å². The summed E-state index contributed by atoms with van der Waals surface area (Å²) in [6, 6.07) is 19.3. The summed E-state index contributed by atoms with van der Waals surface area (Å²) < 4.78 is 33.2. The number of hydrogen-bond acceptors (Lipinski definition) is 6. The van der Waals surface area contributed by atoms with Crippen LogP contribution < -0.4 is 10.8 Å². The molecule has 36 heavy (non-hydrogen) atoms. The molecule has 1 unspecified atom stereocenters. The highest BCUT2D eigenvalue weighted by atomic mass is 32.2. The van der Waals surface area contributed by atoms with Gasteiger partial charge >= 0.3 is 6.09 Å². The Bertz CT molecular complexity index is 1360. The van der Waals surface area contributed by atoms with Gasteiger partial charge in [0, 0.05) is 12.2 Å². The number of nitrogens with zero attached hydrogens (tertiary/aromatic N) is 1. The molecule has 4 rings (SSSR count). The first-order chi connectivity index (χ1) is 17.2. The van der Waals surface area contributed by atoms with Crippen LogP contribution >= 0.6 is 0 Å². The molecule has 3 aromatic carbocycles. The van der Waals surface area contributed by atoms with Gasteiger partial charge in [0.2, 0.25) is 10.0 Å². The number of sulfonamides is 1. The van der Waals surface area contributed by atoms with Crippen molar-refractivity contribution in [3.05, 3.63) is 83.9 Å². The minimum absolute atomic E-state index is 0.0380. The van der Waals surface area contributed by atoms with Crippen LogP contribution in [0.5, 0.6) is 0 Å². The van der Waals surface area contributed by atoms with E-state index in [0.29, 0.717) is 17.7 Å². The van der Waals surface area contributed by atoms with Crippen molar-refractivity contribution in [3.63, 3.8) is 0 Å². The van der Waals surface area contributed by atoms with Gasteiger partial charge in [-0.3, -0.25) is 15.3 Å². The quantitative estimate of drug-likeness (QED) is 0.339. The molecule has 10 heteroatoms. The van der Waals surface area contributed by atoms with E-state index in [-0.39, 0.29) is 17.5 Å². The molecule has 0 aliphatic carbocycles. The predicted octanol–water partition coefficient (Wildman–Crippen LogP) is 4.10. The van der Waals surface area contributed by atoms with Crippen molar-refractivity contribution in [2.75, 3.05) is 11.9 Å². The molecule has 1 heterocycles. The summed E-state index contributed by atoms with van der Waals surface area (Å²) in [6.45, 7) is 3.63. The number of anilines is 1. The zero-order valence-corrected chi connectivity index (χ0v) is 20.7. The van der Waals surface area contributed by atoms with Gasteiger partial charge in [-0.05, 0) is 66.8 Å². The summed E-state index contributed by atoms with van der Waals surface area (Å²) >= 11 is 0. The number of benzene rings is 3. The fraction of sp³-hybridized carbons (Fsp3) is 0.231. The Kier molecular flexibility index (Phi) is 7.39. The minimum atomic E-state index is -4.04. The molecule has 0 radical (unpaired) electrons. The van der Waals surface area contributed by atoms with Gasteiger partial charge in [-0.1, -0.05) is 48.5 Å². The number of amides is 2. The van der Waals surface area contributed by atoms with E-state index >= 15 is 0 Å². The predicted molar refractivity (Wildman–Crippen MR) is 134 cm³/mol. The summed E-state index contributed by atoms with van der Waals surface area (Å²) in [5, 5.41) is 11.9. The molecule has 3 aromatic rings. The van der Waals surface area contributed by atoms with Crippen LogP contribution in [0.2, 0.25) is 0 Å². The Morgan fingerprint density at radius 3 is 2.19 bits per heavy atom. The molecule has 2 amide bonds. The maximum Gasteiger partial charge on any atom is 0.411 e. The van der Waals surface area contributed by atoms with Gasteiger partial charge in [0.15, 0.2) is 0 Å². The Labute approximate surface area is 209 Å². The van der Waals surface area contributed by atoms with Crippen LogP contribution in [0.25, 0.3) is 11.1 Å². The summed E-state index contributed by atoms with van der Waals surface area (Å²) in [6.07, 6.45) is -0.318. The highest BCUT2D eigenvalue weighted by Crippen LogP contribution is 2.35. The normalized spacial score (nSPS) is 15.7. The molecular weight excluding hydrogens is 482 g/mol. The van der Waals surface area contributed by atoms with Crippen molar-refractivity contribution in [2.45, 2.75) is 37.3 Å². The van der Waals surface area contributed by atoms with Crippen LogP contribution in [0.4, 0.5) is 10.5 Å². The fourth-order valence-electron chi connectivity index (χ4n) is 4.20. The average Bonchev–Trinajstić information content (AvgIpc) is 2.87. The molecule has 0 saturated heterocycles. The zero-order chi connectivity index (χ0) is 25.9. The number of hydroxylamine groups is 1. The van der Waals surface area contributed by atoms with Crippen molar-refractivity contribution >= 4 is 27.7 Å². The van der Waals surface area contributed by atoms with Crippen molar-refractivity contribution in [1.82, 2.24) is 9.79 Å². The van der Waals surface area contributed by atoms with E-state index in [9.17, 15) is 23.2 Å². The number of carbonyl (C=O) groups excluding carboxylic acids is 2. The van der Waals surface area contributed by atoms with Gasteiger partial charge in [-0.25, -0.2) is 18.7 Å². The second-order valence-corrected chi connectivity index (χ2v) is 10.5. The molecule has 0 bridgehead atoms. The first-order valence-corrected chi connectivity index (χ1v) is 12.9. The summed E-state index contributed by atoms with van der Waals surface area (Å²) in [5.41, 5.74) is 5.19. The third-order valence-corrected chi connectivity index (χ3v) is 7.74. The number of fused-ring (bicyclic) bond motifs is 1. The zero-order valence-electron chi connectivity index (χ0n) is 19.8. The van der Waals surface area contributed by atoms with Crippen molar-refractivity contribution in [2.24, 2.45) is 0 Å². The monoisotopic (exact) mass is 509 g/mol. The lowest BCUT2D eigenvalue weighted by atomic mass is 9.94. The lowest BCUT2D eigenvalue weighted by molar-refractivity contribution is -0.133. The molecule has 188 valence electrons. The SMILES string of the molecule is CC(C)OC(=O)Nc1ccc(-c2ccc(S(=O)(=O)N3CCc4ccccc4C3C(=O)NO)cc2)cc1. The Morgan fingerprint density at radius 1 is 0.972 bits per heavy atom. The van der Waals surface area contributed by atoms with Crippen molar-refractivity contribution in [3.8, 4) is 11.1 Å². The maximum atomic E-state index is 13.5. The first-order valence-electron chi connectivity index (χ1n) is 11.4. The van der Waals surface area contributed by atoms with E-state index in [2.05, 4.69) is 5.32 Å². The molecule has 9 nitrogen and oxygen atoms in total. The summed E-state index contributed by atoms with van der Waals surface area (Å²) in [5.74, 6) is -0.812. The van der Waals surface area contributed by atoms with Crippen molar-refractivity contribution < 1.29 is 28.0 Å².